The zero-order valence-electron chi connectivity index (χ0n) is 12.0. The first kappa shape index (κ1) is 12.0. The molecule has 1 atom stereocenters. The lowest BCUT2D eigenvalue weighted by Gasteiger charge is -2.09. The third-order valence-electron chi connectivity index (χ3n) is 3.69. The molecule has 0 aliphatic heterocycles. The van der Waals surface area contributed by atoms with Crippen LogP contribution in [0.5, 0.6) is 0 Å². The van der Waals surface area contributed by atoms with E-state index >= 15 is 0 Å². The Morgan fingerprint density at radius 3 is 2.81 bits per heavy atom. The number of nitrogens with zero attached hydrogens (tertiary/aromatic N) is 8. The summed E-state index contributed by atoms with van der Waals surface area (Å²) in [7, 11) is 1.86. The summed E-state index contributed by atoms with van der Waals surface area (Å²) in [5, 5.41) is 13.9. The summed E-state index contributed by atoms with van der Waals surface area (Å²) in [6.07, 6.45) is 5.21. The number of rotatable bonds is 2. The van der Waals surface area contributed by atoms with E-state index in [9.17, 15) is 0 Å². The molecular weight excluding hydrogens is 268 g/mol. The van der Waals surface area contributed by atoms with Crippen molar-refractivity contribution in [3.8, 4) is 0 Å². The van der Waals surface area contributed by atoms with Crippen molar-refractivity contribution in [2.75, 3.05) is 0 Å². The van der Waals surface area contributed by atoms with Gasteiger partial charge < -0.3 is 0 Å². The average Bonchev–Trinajstić information content (AvgIpc) is 3.16. The van der Waals surface area contributed by atoms with Crippen LogP contribution in [-0.2, 0) is 7.05 Å². The minimum Gasteiger partial charge on any atom is -0.259 e. The van der Waals surface area contributed by atoms with Crippen LogP contribution in [0, 0.1) is 6.92 Å². The molecule has 106 valence electrons. The third kappa shape index (κ3) is 1.65. The molecule has 0 amide bonds. The highest BCUT2D eigenvalue weighted by Crippen LogP contribution is 2.20. The molecule has 0 spiro atoms. The summed E-state index contributed by atoms with van der Waals surface area (Å²) in [6, 6.07) is 1.93. The molecule has 8 nitrogen and oxygen atoms in total. The van der Waals surface area contributed by atoms with E-state index in [4.69, 9.17) is 0 Å². The predicted molar refractivity (Wildman–Crippen MR) is 75.8 cm³/mol. The maximum atomic E-state index is 4.65. The molecule has 0 aliphatic carbocycles. The van der Waals surface area contributed by atoms with Crippen molar-refractivity contribution in [3.63, 3.8) is 0 Å². The second-order valence-electron chi connectivity index (χ2n) is 5.08. The first-order valence-electron chi connectivity index (χ1n) is 6.68. The highest BCUT2D eigenvalue weighted by Gasteiger charge is 2.18. The molecule has 0 saturated carbocycles. The second-order valence-corrected chi connectivity index (χ2v) is 5.08. The van der Waals surface area contributed by atoms with Crippen LogP contribution in [0.15, 0.2) is 24.8 Å². The smallest absolute Gasteiger partial charge is 0.176 e. The Morgan fingerprint density at radius 1 is 1.19 bits per heavy atom. The van der Waals surface area contributed by atoms with Crippen LogP contribution in [0.1, 0.15) is 24.5 Å². The lowest BCUT2D eigenvalue weighted by molar-refractivity contribution is 0.523. The minimum atomic E-state index is -0.0355. The molecule has 0 aliphatic rings. The first-order valence-corrected chi connectivity index (χ1v) is 6.68. The molecular formula is C13H14N8. The van der Waals surface area contributed by atoms with Crippen LogP contribution in [0.3, 0.4) is 0 Å². The maximum absolute atomic E-state index is 4.65. The van der Waals surface area contributed by atoms with Crippen molar-refractivity contribution in [2.24, 2.45) is 7.05 Å². The van der Waals surface area contributed by atoms with Crippen LogP contribution in [0.25, 0.3) is 16.7 Å². The van der Waals surface area contributed by atoms with Crippen molar-refractivity contribution >= 4 is 16.7 Å². The lowest BCUT2D eigenvalue weighted by atomic mass is 10.3. The fourth-order valence-electron chi connectivity index (χ4n) is 2.53. The Balaban J connectivity index is 1.91. The molecule has 0 bridgehead atoms. The quantitative estimate of drug-likeness (QED) is 0.550. The molecule has 0 radical (unpaired) electrons. The van der Waals surface area contributed by atoms with Gasteiger partial charge in [-0.3, -0.25) is 9.36 Å². The number of fused-ring (bicyclic) bond motifs is 3. The standard InChI is InChI=1S/C13H14N8/c1-8-4-5-15-21(8)9(2)11-17-13-10-6-16-19(3)12(10)14-7-20(13)18-11/h4-7,9H,1-3H3. The topological polar surface area (TPSA) is 78.7 Å². The van der Waals surface area contributed by atoms with Gasteiger partial charge in [-0.25, -0.2) is 14.5 Å². The maximum Gasteiger partial charge on any atom is 0.176 e. The van der Waals surface area contributed by atoms with Gasteiger partial charge in [0.15, 0.2) is 17.1 Å². The normalized spacial score (nSPS) is 13.3. The van der Waals surface area contributed by atoms with Gasteiger partial charge in [-0.2, -0.15) is 10.2 Å². The van der Waals surface area contributed by atoms with Crippen LogP contribution < -0.4 is 0 Å². The minimum absolute atomic E-state index is 0.0355. The van der Waals surface area contributed by atoms with Crippen molar-refractivity contribution in [2.45, 2.75) is 19.9 Å². The van der Waals surface area contributed by atoms with E-state index in [-0.39, 0.29) is 6.04 Å². The van der Waals surface area contributed by atoms with Crippen LogP contribution in [0.2, 0.25) is 0 Å². The zero-order chi connectivity index (χ0) is 14.6. The summed E-state index contributed by atoms with van der Waals surface area (Å²) < 4.78 is 5.32. The average molecular weight is 282 g/mol. The van der Waals surface area contributed by atoms with E-state index < -0.39 is 0 Å². The van der Waals surface area contributed by atoms with Gasteiger partial charge in [0.1, 0.15) is 12.4 Å². The second kappa shape index (κ2) is 4.11. The van der Waals surface area contributed by atoms with Crippen molar-refractivity contribution in [1.82, 2.24) is 39.1 Å². The van der Waals surface area contributed by atoms with Gasteiger partial charge in [0.2, 0.25) is 0 Å². The molecule has 4 heterocycles. The van der Waals surface area contributed by atoms with Gasteiger partial charge in [0.25, 0.3) is 0 Å². The van der Waals surface area contributed by atoms with E-state index in [0.29, 0.717) is 5.82 Å². The van der Waals surface area contributed by atoms with Crippen LogP contribution in [-0.4, -0.2) is 39.1 Å². The summed E-state index contributed by atoms with van der Waals surface area (Å²) in [4.78, 5) is 9.01. The van der Waals surface area contributed by atoms with E-state index in [0.717, 1.165) is 22.4 Å². The van der Waals surface area contributed by atoms with E-state index in [1.165, 1.54) is 0 Å². The zero-order valence-corrected chi connectivity index (χ0v) is 12.0. The molecule has 0 N–H and O–H groups in total. The number of hydrogen-bond donors (Lipinski definition) is 0. The SMILES string of the molecule is Cc1ccnn1C(C)c1nc2c3cnn(C)c3ncn2n1. The van der Waals surface area contributed by atoms with Gasteiger partial charge in [0.05, 0.1) is 11.6 Å². The van der Waals surface area contributed by atoms with Gasteiger partial charge in [-0.05, 0) is 19.9 Å². The van der Waals surface area contributed by atoms with E-state index in [2.05, 4.69) is 25.3 Å². The predicted octanol–water partition coefficient (Wildman–Crippen LogP) is 1.13. The molecule has 0 saturated heterocycles. The summed E-state index contributed by atoms with van der Waals surface area (Å²) in [5.41, 5.74) is 2.63. The van der Waals surface area contributed by atoms with Gasteiger partial charge >= 0.3 is 0 Å². The highest BCUT2D eigenvalue weighted by molar-refractivity contribution is 5.88. The Kier molecular flexibility index (Phi) is 2.35. The van der Waals surface area contributed by atoms with Gasteiger partial charge in [0, 0.05) is 18.9 Å². The monoisotopic (exact) mass is 282 g/mol. The molecule has 1 unspecified atom stereocenters. The van der Waals surface area contributed by atoms with Crippen LogP contribution >= 0.6 is 0 Å². The summed E-state index contributed by atoms with van der Waals surface area (Å²) >= 11 is 0. The fraction of sp³-hybridized carbons (Fsp3) is 0.308. The lowest BCUT2D eigenvalue weighted by Crippen LogP contribution is -2.11. The van der Waals surface area contributed by atoms with Crippen molar-refractivity contribution < 1.29 is 0 Å². The molecule has 4 aromatic heterocycles. The van der Waals surface area contributed by atoms with E-state index in [1.54, 1.807) is 27.9 Å². The van der Waals surface area contributed by atoms with Gasteiger partial charge in [-0.15, -0.1) is 5.10 Å². The Morgan fingerprint density at radius 2 is 2.05 bits per heavy atom. The Labute approximate surface area is 120 Å². The molecule has 4 rings (SSSR count). The summed E-state index contributed by atoms with van der Waals surface area (Å²) in [5.74, 6) is 0.708. The summed E-state index contributed by atoms with van der Waals surface area (Å²) in [6.45, 7) is 4.04. The van der Waals surface area contributed by atoms with Crippen LogP contribution in [0.4, 0.5) is 0 Å². The van der Waals surface area contributed by atoms with Crippen molar-refractivity contribution in [1.29, 1.82) is 0 Å². The molecule has 8 heteroatoms. The van der Waals surface area contributed by atoms with Gasteiger partial charge in [-0.1, -0.05) is 0 Å². The molecule has 21 heavy (non-hydrogen) atoms. The fourth-order valence-corrected chi connectivity index (χ4v) is 2.53. The third-order valence-corrected chi connectivity index (χ3v) is 3.69. The number of aryl methyl sites for hydroxylation is 2. The number of aromatic nitrogens is 8. The molecule has 0 fully saturated rings. The number of hydrogen-bond acceptors (Lipinski definition) is 5. The molecule has 0 aromatic carbocycles. The Hall–Kier alpha value is -2.77. The largest absolute Gasteiger partial charge is 0.259 e. The molecule has 4 aromatic rings. The highest BCUT2D eigenvalue weighted by atomic mass is 15.4. The first-order chi connectivity index (χ1) is 10.1. The van der Waals surface area contributed by atoms with Crippen molar-refractivity contribution in [3.05, 3.63) is 36.3 Å². The Bertz CT molecular complexity index is 944. The van der Waals surface area contributed by atoms with E-state index in [1.807, 2.05) is 31.6 Å².